The lowest BCUT2D eigenvalue weighted by atomic mass is 9.86. The van der Waals surface area contributed by atoms with Gasteiger partial charge in [-0.05, 0) is 57.7 Å². The summed E-state index contributed by atoms with van der Waals surface area (Å²) in [6.07, 6.45) is 6.35. The van der Waals surface area contributed by atoms with Gasteiger partial charge in [-0.2, -0.15) is 0 Å². The first-order valence-corrected chi connectivity index (χ1v) is 15.7. The van der Waals surface area contributed by atoms with Gasteiger partial charge >= 0.3 is 6.09 Å². The number of pyridine rings is 1. The van der Waals surface area contributed by atoms with E-state index in [1.54, 1.807) is 31.6 Å². The second kappa shape index (κ2) is 12.1. The van der Waals surface area contributed by atoms with Crippen molar-refractivity contribution < 1.29 is 27.4 Å². The predicted molar refractivity (Wildman–Crippen MR) is 153 cm³/mol. The van der Waals surface area contributed by atoms with E-state index in [9.17, 15) is 13.2 Å². The number of anilines is 2. The number of aromatic nitrogens is 2. The summed E-state index contributed by atoms with van der Waals surface area (Å²) in [4.78, 5) is 21.9. The summed E-state index contributed by atoms with van der Waals surface area (Å²) in [5.74, 6) is 0.759. The van der Waals surface area contributed by atoms with Crippen molar-refractivity contribution in [1.29, 1.82) is 0 Å². The Balaban J connectivity index is 1.34. The van der Waals surface area contributed by atoms with E-state index in [-0.39, 0.29) is 42.3 Å². The first-order chi connectivity index (χ1) is 19.2. The lowest BCUT2D eigenvalue weighted by Crippen LogP contribution is -2.40. The zero-order valence-corrected chi connectivity index (χ0v) is 24.4. The predicted octanol–water partition coefficient (Wildman–Crippen LogP) is 5.29. The van der Waals surface area contributed by atoms with E-state index in [4.69, 9.17) is 19.2 Å². The Bertz CT molecular complexity index is 1430. The molecule has 40 heavy (non-hydrogen) atoms. The highest BCUT2D eigenvalue weighted by Crippen LogP contribution is 2.41. The number of nitrogens with one attached hydrogen (secondary N) is 2. The number of ether oxygens (including phenoxy) is 3. The number of benzene rings is 1. The van der Waals surface area contributed by atoms with Gasteiger partial charge in [0.1, 0.15) is 5.25 Å². The van der Waals surface area contributed by atoms with Gasteiger partial charge in [-0.15, -0.1) is 11.3 Å². The van der Waals surface area contributed by atoms with E-state index in [0.29, 0.717) is 22.8 Å². The van der Waals surface area contributed by atoms with E-state index in [1.807, 2.05) is 32.0 Å². The Morgan fingerprint density at radius 3 is 2.42 bits per heavy atom. The van der Waals surface area contributed by atoms with Crippen molar-refractivity contribution in [2.24, 2.45) is 0 Å². The van der Waals surface area contributed by atoms with Crippen molar-refractivity contribution in [3.8, 4) is 16.3 Å². The Labute approximate surface area is 238 Å². The minimum atomic E-state index is -3.62. The summed E-state index contributed by atoms with van der Waals surface area (Å²) in [5.41, 5.74) is 1.99. The third-order valence-corrected chi connectivity index (χ3v) is 10.4. The third-order valence-electron chi connectivity index (χ3n) is 7.10. The highest BCUT2D eigenvalue weighted by atomic mass is 32.2. The highest BCUT2D eigenvalue weighted by molar-refractivity contribution is 7.92. The molecule has 0 radical (unpaired) electrons. The summed E-state index contributed by atoms with van der Waals surface area (Å²) in [6, 6.07) is 9.02. The fourth-order valence-electron chi connectivity index (χ4n) is 4.85. The molecule has 2 fully saturated rings. The first-order valence-electron chi connectivity index (χ1n) is 13.4. The van der Waals surface area contributed by atoms with Crippen LogP contribution in [0.1, 0.15) is 50.5 Å². The largest absolute Gasteiger partial charge is 0.481 e. The first kappa shape index (κ1) is 28.3. The minimum absolute atomic E-state index is 0.0873. The fourth-order valence-corrected chi connectivity index (χ4v) is 7.73. The van der Waals surface area contributed by atoms with Crippen LogP contribution in [0.2, 0.25) is 0 Å². The summed E-state index contributed by atoms with van der Waals surface area (Å²) < 4.78 is 42.7. The van der Waals surface area contributed by atoms with Gasteiger partial charge in [0.05, 0.1) is 53.1 Å². The van der Waals surface area contributed by atoms with Gasteiger partial charge in [0.15, 0.2) is 9.84 Å². The number of nitrogens with zero attached hydrogens (tertiary/aromatic N) is 2. The van der Waals surface area contributed by atoms with Crippen molar-refractivity contribution >= 4 is 38.6 Å². The number of hydrogen-bond acceptors (Lipinski definition) is 10. The van der Waals surface area contributed by atoms with Crippen LogP contribution in [0.15, 0.2) is 47.6 Å². The molecule has 1 aliphatic carbocycles. The maximum Gasteiger partial charge on any atom is 0.407 e. The quantitative estimate of drug-likeness (QED) is 0.344. The molecule has 5 rings (SSSR count). The Morgan fingerprint density at radius 2 is 1.80 bits per heavy atom. The van der Waals surface area contributed by atoms with E-state index in [0.717, 1.165) is 35.6 Å². The molecule has 0 spiro atoms. The smallest absolute Gasteiger partial charge is 0.407 e. The maximum absolute atomic E-state index is 13.6. The SMILES string of the molecule is COc1ccc(Nc2ccc(-c3cnc(C4CCC(NC(=O)OC(C)C)CC4)s3)c(S(=O)(=O)C3COC3)c2)cn1. The van der Waals surface area contributed by atoms with E-state index in [1.165, 1.54) is 11.3 Å². The van der Waals surface area contributed by atoms with Crippen LogP contribution >= 0.6 is 11.3 Å². The van der Waals surface area contributed by atoms with Crippen molar-refractivity contribution in [1.82, 2.24) is 15.3 Å². The molecular formula is C28H34N4O6S2. The molecule has 3 heterocycles. The van der Waals surface area contributed by atoms with Gasteiger partial charge in [0, 0.05) is 35.5 Å². The van der Waals surface area contributed by atoms with Crippen molar-refractivity contribution in [3.05, 3.63) is 47.7 Å². The standard InChI is InChI=1S/C28H34N4O6S2/c1-17(2)38-28(33)32-19-6-4-18(5-7-19)27-30-14-24(39-27)23-10-8-20(31-21-9-11-26(36-3)29-13-21)12-25(23)40(34,35)22-15-37-16-22/h8-14,17-19,22,31H,4-7,15-16H2,1-3H3,(H,32,33). The van der Waals surface area contributed by atoms with Crippen LogP contribution in [0.5, 0.6) is 5.88 Å². The van der Waals surface area contributed by atoms with Gasteiger partial charge in [-0.3, -0.25) is 0 Å². The van der Waals surface area contributed by atoms with Crippen LogP contribution < -0.4 is 15.4 Å². The zero-order chi connectivity index (χ0) is 28.3. The summed E-state index contributed by atoms with van der Waals surface area (Å²) in [5, 5.41) is 6.62. The summed E-state index contributed by atoms with van der Waals surface area (Å²) >= 11 is 1.53. The summed E-state index contributed by atoms with van der Waals surface area (Å²) in [6.45, 7) is 4.04. The van der Waals surface area contributed by atoms with Crippen LogP contribution in [0.4, 0.5) is 16.2 Å². The van der Waals surface area contributed by atoms with E-state index >= 15 is 0 Å². The number of carbonyl (C=O) groups is 1. The van der Waals surface area contributed by atoms with E-state index in [2.05, 4.69) is 15.6 Å². The van der Waals surface area contributed by atoms with Crippen LogP contribution in [0.3, 0.4) is 0 Å². The number of methoxy groups -OCH3 is 1. The van der Waals surface area contributed by atoms with Crippen LogP contribution in [0, 0.1) is 0 Å². The molecule has 10 nitrogen and oxygen atoms in total. The number of sulfone groups is 1. The second-order valence-corrected chi connectivity index (χ2v) is 13.6. The Morgan fingerprint density at radius 1 is 1.05 bits per heavy atom. The fraction of sp³-hybridized carbons (Fsp3) is 0.464. The molecule has 2 aliphatic rings. The van der Waals surface area contributed by atoms with Crippen molar-refractivity contribution in [2.75, 3.05) is 25.6 Å². The monoisotopic (exact) mass is 586 g/mol. The molecule has 1 saturated carbocycles. The molecule has 2 N–H and O–H groups in total. The highest BCUT2D eigenvalue weighted by Gasteiger charge is 2.36. The number of rotatable bonds is 9. The number of carbonyl (C=O) groups excluding carboxylic acids is 1. The van der Waals surface area contributed by atoms with Gasteiger partial charge in [-0.1, -0.05) is 6.07 Å². The lowest BCUT2D eigenvalue weighted by molar-refractivity contribution is 0.0416. The van der Waals surface area contributed by atoms with Crippen LogP contribution in [-0.4, -0.2) is 62.2 Å². The van der Waals surface area contributed by atoms with E-state index < -0.39 is 15.1 Å². The van der Waals surface area contributed by atoms with Crippen molar-refractivity contribution in [3.63, 3.8) is 0 Å². The number of amides is 1. The number of hydrogen-bond donors (Lipinski definition) is 2. The molecule has 0 atom stereocenters. The number of alkyl carbamates (subject to hydrolysis) is 1. The molecular weight excluding hydrogens is 552 g/mol. The molecule has 1 saturated heterocycles. The minimum Gasteiger partial charge on any atom is -0.481 e. The van der Waals surface area contributed by atoms with Gasteiger partial charge in [0.2, 0.25) is 5.88 Å². The van der Waals surface area contributed by atoms with Crippen molar-refractivity contribution in [2.45, 2.75) is 67.7 Å². The normalized spacial score (nSPS) is 19.6. The molecule has 0 unspecified atom stereocenters. The molecule has 12 heteroatoms. The Hall–Kier alpha value is -3.22. The van der Waals surface area contributed by atoms with Gasteiger partial charge in [0.25, 0.3) is 0 Å². The average Bonchev–Trinajstić information content (AvgIpc) is 3.38. The molecule has 1 amide bonds. The molecule has 1 aliphatic heterocycles. The van der Waals surface area contributed by atoms with Gasteiger partial charge in [-0.25, -0.2) is 23.2 Å². The zero-order valence-electron chi connectivity index (χ0n) is 22.8. The third kappa shape index (κ3) is 6.39. The van der Waals surface area contributed by atoms with Crippen LogP contribution in [0.25, 0.3) is 10.4 Å². The van der Waals surface area contributed by atoms with Crippen LogP contribution in [-0.2, 0) is 19.3 Å². The number of thiazole rings is 1. The lowest BCUT2D eigenvalue weighted by Gasteiger charge is -2.28. The topological polar surface area (TPSA) is 129 Å². The molecule has 0 bridgehead atoms. The average molecular weight is 587 g/mol. The maximum atomic E-state index is 13.6. The van der Waals surface area contributed by atoms with Gasteiger partial charge < -0.3 is 24.8 Å². The molecule has 1 aromatic carbocycles. The molecule has 2 aromatic heterocycles. The Kier molecular flexibility index (Phi) is 8.57. The second-order valence-electron chi connectivity index (χ2n) is 10.3. The molecule has 214 valence electrons. The summed E-state index contributed by atoms with van der Waals surface area (Å²) in [7, 11) is -2.07. The molecule has 3 aromatic rings.